The highest BCUT2D eigenvalue weighted by molar-refractivity contribution is 6.54. The molecule has 2 aromatic carbocycles. The minimum absolute atomic E-state index is 0.477. The summed E-state index contributed by atoms with van der Waals surface area (Å²) in [4.78, 5) is 0. The van der Waals surface area contributed by atoms with Crippen LogP contribution in [0.3, 0.4) is 0 Å². The third kappa shape index (κ3) is 5.54. The molecule has 0 heterocycles. The lowest BCUT2D eigenvalue weighted by Gasteiger charge is -2.27. The van der Waals surface area contributed by atoms with Gasteiger partial charge in [-0.2, -0.15) is 0 Å². The van der Waals surface area contributed by atoms with Crippen LogP contribution in [0.5, 0.6) is 0 Å². The van der Waals surface area contributed by atoms with Crippen molar-refractivity contribution in [2.45, 2.75) is 24.8 Å². The highest BCUT2D eigenvalue weighted by Crippen LogP contribution is 2.26. The molecule has 24 heavy (non-hydrogen) atoms. The quantitative estimate of drug-likeness (QED) is 0.513. The molecule has 0 aliphatic heterocycles. The Morgan fingerprint density at radius 3 is 1.79 bits per heavy atom. The number of rotatable bonds is 10. The van der Waals surface area contributed by atoms with E-state index in [0.717, 1.165) is 17.5 Å². The largest absolute Gasteiger partial charge is 0.414 e. The molecule has 130 valence electrons. The van der Waals surface area contributed by atoms with Gasteiger partial charge in [0.1, 0.15) is 0 Å². The topological polar surface area (TPSA) is 58.9 Å². The van der Waals surface area contributed by atoms with Gasteiger partial charge in [-0.3, -0.25) is 0 Å². The molecule has 0 fully saturated rings. The monoisotopic (exact) mass is 346 g/mol. The molecular weight excluding hydrogens is 320 g/mol. The van der Waals surface area contributed by atoms with Gasteiger partial charge >= 0.3 is 0 Å². The highest BCUT2D eigenvalue weighted by atomic mass is 28.3. The number of hydrogen-bond donors (Lipinski definition) is 2. The average molecular weight is 346 g/mol. The first kappa shape index (κ1) is 18.8. The van der Waals surface area contributed by atoms with Gasteiger partial charge in [0.05, 0.1) is 11.5 Å². The van der Waals surface area contributed by atoms with Crippen molar-refractivity contribution in [3.05, 3.63) is 71.8 Å². The van der Waals surface area contributed by atoms with Crippen LogP contribution in [-0.4, -0.2) is 39.1 Å². The minimum Gasteiger partial charge on any atom is -0.414 e. The van der Waals surface area contributed by atoms with Gasteiger partial charge in [0.15, 0.2) is 0 Å². The van der Waals surface area contributed by atoms with E-state index in [0.29, 0.717) is 19.8 Å². The van der Waals surface area contributed by atoms with E-state index in [9.17, 15) is 10.2 Å². The highest BCUT2D eigenvalue weighted by Gasteiger charge is 2.32. The molecule has 0 amide bonds. The smallest absolute Gasteiger partial charge is 0.242 e. The van der Waals surface area contributed by atoms with Crippen molar-refractivity contribution in [3.63, 3.8) is 0 Å². The number of ether oxygens (including phenoxy) is 1. The zero-order chi connectivity index (χ0) is 17.2. The van der Waals surface area contributed by atoms with E-state index < -0.39 is 20.5 Å². The summed E-state index contributed by atoms with van der Waals surface area (Å²) >= 11 is 0. The lowest BCUT2D eigenvalue weighted by Crippen LogP contribution is -2.35. The molecule has 5 heteroatoms. The van der Waals surface area contributed by atoms with Gasteiger partial charge in [0.25, 0.3) is 0 Å². The summed E-state index contributed by atoms with van der Waals surface area (Å²) in [6, 6.07) is 18.8. The Balaban J connectivity index is 2.08. The fourth-order valence-electron chi connectivity index (χ4n) is 2.56. The average Bonchev–Trinajstić information content (AvgIpc) is 2.65. The summed E-state index contributed by atoms with van der Waals surface area (Å²) in [6.45, 7) is 3.74. The second kappa shape index (κ2) is 10.4. The third-order valence-corrected chi connectivity index (χ3v) is 6.49. The molecule has 0 spiro atoms. The molecule has 0 radical (unpaired) electrons. The first-order valence-electron chi connectivity index (χ1n) is 8.39. The first-order chi connectivity index (χ1) is 11.7. The molecule has 2 atom stereocenters. The molecule has 4 nitrogen and oxygen atoms in total. The van der Waals surface area contributed by atoms with Crippen LogP contribution in [0, 0.1) is 0 Å². The Hall–Kier alpha value is -1.50. The summed E-state index contributed by atoms with van der Waals surface area (Å²) < 4.78 is 11.3. The molecular formula is C19H26O4Si. The Kier molecular flexibility index (Phi) is 8.14. The standard InChI is InChI=1S/C19H26O4Si/c1-2-22-14-9-15-23-24(18(20)16-10-5-3-6-11-16)19(21)17-12-7-4-8-13-17/h3-8,10-13,18-21,24H,2,9,14-15H2,1H3. The predicted octanol–water partition coefficient (Wildman–Crippen LogP) is 2.70. The summed E-state index contributed by atoms with van der Waals surface area (Å²) in [6.07, 6.45) is 0.750. The summed E-state index contributed by atoms with van der Waals surface area (Å²) in [5, 5.41) is 21.5. The second-order valence-electron chi connectivity index (χ2n) is 5.60. The molecule has 0 aromatic heterocycles. The Bertz CT molecular complexity index is 519. The molecule has 0 saturated heterocycles. The van der Waals surface area contributed by atoms with Crippen LogP contribution in [0.15, 0.2) is 60.7 Å². The maximum Gasteiger partial charge on any atom is 0.242 e. The molecule has 0 bridgehead atoms. The van der Waals surface area contributed by atoms with E-state index in [1.165, 1.54) is 0 Å². The van der Waals surface area contributed by atoms with E-state index in [1.54, 1.807) is 0 Å². The third-order valence-electron chi connectivity index (χ3n) is 3.85. The van der Waals surface area contributed by atoms with Crippen LogP contribution in [-0.2, 0) is 9.16 Å². The van der Waals surface area contributed by atoms with Gasteiger partial charge in [0, 0.05) is 19.8 Å². The van der Waals surface area contributed by atoms with E-state index in [1.807, 2.05) is 67.6 Å². The van der Waals surface area contributed by atoms with Gasteiger partial charge in [-0.15, -0.1) is 0 Å². The van der Waals surface area contributed by atoms with Crippen molar-refractivity contribution in [3.8, 4) is 0 Å². The SMILES string of the molecule is CCOCCCO[SiH](C(O)c1ccccc1)C(O)c1ccccc1. The van der Waals surface area contributed by atoms with Gasteiger partial charge in [-0.25, -0.2) is 0 Å². The fourth-order valence-corrected chi connectivity index (χ4v) is 4.91. The van der Waals surface area contributed by atoms with Crippen molar-refractivity contribution < 1.29 is 19.4 Å². The zero-order valence-electron chi connectivity index (χ0n) is 14.0. The molecule has 0 saturated carbocycles. The van der Waals surface area contributed by atoms with Crippen LogP contribution in [0.2, 0.25) is 0 Å². The fraction of sp³-hybridized carbons (Fsp3) is 0.368. The first-order valence-corrected chi connectivity index (χ1v) is 10.2. The summed E-state index contributed by atoms with van der Waals surface area (Å²) in [5.41, 5.74) is 0.0323. The number of aliphatic hydroxyl groups excluding tert-OH is 2. The van der Waals surface area contributed by atoms with Crippen molar-refractivity contribution in [1.82, 2.24) is 0 Å². The van der Waals surface area contributed by atoms with Crippen molar-refractivity contribution in [2.75, 3.05) is 19.8 Å². The summed E-state index contributed by atoms with van der Waals surface area (Å²) in [7, 11) is -2.37. The predicted molar refractivity (Wildman–Crippen MR) is 97.0 cm³/mol. The Morgan fingerprint density at radius 2 is 1.33 bits per heavy atom. The van der Waals surface area contributed by atoms with Crippen LogP contribution in [0.1, 0.15) is 35.9 Å². The van der Waals surface area contributed by atoms with Gasteiger partial charge in [-0.05, 0) is 24.5 Å². The lowest BCUT2D eigenvalue weighted by atomic mass is 10.2. The maximum absolute atomic E-state index is 10.8. The maximum atomic E-state index is 10.8. The Labute approximate surface area is 145 Å². The summed E-state index contributed by atoms with van der Waals surface area (Å²) in [5.74, 6) is 0. The second-order valence-corrected chi connectivity index (χ2v) is 8.12. The molecule has 2 rings (SSSR count). The molecule has 0 aliphatic rings. The number of benzene rings is 2. The van der Waals surface area contributed by atoms with Crippen molar-refractivity contribution >= 4 is 9.04 Å². The van der Waals surface area contributed by atoms with Gasteiger partial charge < -0.3 is 19.4 Å². The number of aliphatic hydroxyl groups is 2. The van der Waals surface area contributed by atoms with E-state index in [4.69, 9.17) is 9.16 Å². The van der Waals surface area contributed by atoms with Crippen LogP contribution in [0.25, 0.3) is 0 Å². The molecule has 2 aromatic rings. The zero-order valence-corrected chi connectivity index (χ0v) is 15.2. The van der Waals surface area contributed by atoms with Crippen LogP contribution < -0.4 is 0 Å². The van der Waals surface area contributed by atoms with Gasteiger partial charge in [0.2, 0.25) is 9.04 Å². The Morgan fingerprint density at radius 1 is 0.833 bits per heavy atom. The van der Waals surface area contributed by atoms with Crippen LogP contribution in [0.4, 0.5) is 0 Å². The van der Waals surface area contributed by atoms with E-state index >= 15 is 0 Å². The minimum atomic E-state index is -2.37. The van der Waals surface area contributed by atoms with Crippen molar-refractivity contribution in [2.24, 2.45) is 0 Å². The van der Waals surface area contributed by atoms with Gasteiger partial charge in [-0.1, -0.05) is 60.7 Å². The van der Waals surface area contributed by atoms with Crippen molar-refractivity contribution in [1.29, 1.82) is 0 Å². The van der Waals surface area contributed by atoms with Crippen LogP contribution >= 0.6 is 0 Å². The molecule has 0 aliphatic carbocycles. The molecule has 2 N–H and O–H groups in total. The normalized spacial score (nSPS) is 15.0. The molecule has 2 unspecified atom stereocenters. The van der Waals surface area contributed by atoms with E-state index in [-0.39, 0.29) is 0 Å². The number of hydrogen-bond acceptors (Lipinski definition) is 4. The lowest BCUT2D eigenvalue weighted by molar-refractivity contribution is 0.116. The van der Waals surface area contributed by atoms with E-state index in [2.05, 4.69) is 0 Å².